The molecule has 0 aliphatic heterocycles. The van der Waals surface area contributed by atoms with Crippen molar-refractivity contribution in [3.63, 3.8) is 0 Å². The molecular weight excluding hydrogens is 386 g/mol. The predicted octanol–water partition coefficient (Wildman–Crippen LogP) is 4.15. The van der Waals surface area contributed by atoms with E-state index in [9.17, 15) is 18.4 Å². The summed E-state index contributed by atoms with van der Waals surface area (Å²) >= 11 is 0. The number of hydrogen-bond donors (Lipinski definition) is 2. The van der Waals surface area contributed by atoms with E-state index < -0.39 is 12.5 Å². The van der Waals surface area contributed by atoms with Crippen molar-refractivity contribution in [1.29, 1.82) is 0 Å². The number of hydrogen-bond acceptors (Lipinski definition) is 5. The van der Waals surface area contributed by atoms with Crippen LogP contribution in [-0.2, 0) is 4.79 Å². The van der Waals surface area contributed by atoms with E-state index in [4.69, 9.17) is 9.15 Å². The number of rotatable bonds is 8. The maximum atomic E-state index is 12.1. The quantitative estimate of drug-likeness (QED) is 0.591. The minimum absolute atomic E-state index is 0.00604. The van der Waals surface area contributed by atoms with Crippen molar-refractivity contribution in [3.8, 4) is 11.5 Å². The lowest BCUT2D eigenvalue weighted by atomic mass is 10.3. The highest BCUT2D eigenvalue weighted by Gasteiger charge is 2.09. The van der Waals surface area contributed by atoms with E-state index >= 15 is 0 Å². The number of halogens is 2. The Balaban J connectivity index is 1.45. The highest BCUT2D eigenvalue weighted by atomic mass is 19.3. The highest BCUT2D eigenvalue weighted by molar-refractivity contribution is 6.02. The molecule has 0 saturated carbocycles. The number of anilines is 2. The van der Waals surface area contributed by atoms with Crippen molar-refractivity contribution in [2.75, 3.05) is 17.2 Å². The van der Waals surface area contributed by atoms with Gasteiger partial charge in [-0.15, -0.1) is 0 Å². The average Bonchev–Trinajstić information content (AvgIpc) is 3.24. The van der Waals surface area contributed by atoms with Crippen LogP contribution >= 0.6 is 0 Å². The van der Waals surface area contributed by atoms with E-state index in [1.54, 1.807) is 36.4 Å². The number of benzene rings is 2. The van der Waals surface area contributed by atoms with Crippen LogP contribution in [0.1, 0.15) is 10.6 Å². The third-order valence-corrected chi connectivity index (χ3v) is 3.59. The van der Waals surface area contributed by atoms with Crippen LogP contribution < -0.4 is 20.1 Å². The van der Waals surface area contributed by atoms with Crippen molar-refractivity contribution in [3.05, 3.63) is 72.7 Å². The first kappa shape index (κ1) is 19.9. The van der Waals surface area contributed by atoms with E-state index in [0.717, 1.165) is 0 Å². The lowest BCUT2D eigenvalue weighted by molar-refractivity contribution is -0.118. The van der Waals surface area contributed by atoms with Crippen molar-refractivity contribution >= 4 is 23.2 Å². The zero-order chi connectivity index (χ0) is 20.6. The Hall–Kier alpha value is -3.88. The molecule has 2 amide bonds. The summed E-state index contributed by atoms with van der Waals surface area (Å²) in [7, 11) is 0. The first-order valence-corrected chi connectivity index (χ1v) is 8.42. The van der Waals surface area contributed by atoms with Gasteiger partial charge in [0.2, 0.25) is 0 Å². The second-order valence-electron chi connectivity index (χ2n) is 5.70. The molecule has 150 valence electrons. The molecule has 1 aromatic heterocycles. The molecule has 0 unspecified atom stereocenters. The smallest absolute Gasteiger partial charge is 0.387 e. The molecule has 2 aromatic carbocycles. The molecule has 0 fully saturated rings. The Bertz CT molecular complexity index is 942. The standard InChI is InChI=1S/C20H16F2N2O5/c21-20(22)29-16-9-5-13(6-10-16)23-18(25)12-28-15-7-3-14(4-8-15)24-19(26)17-2-1-11-27-17/h1-11,20H,12H2,(H,23,25)(H,24,26). The Morgan fingerprint density at radius 1 is 0.897 bits per heavy atom. The Morgan fingerprint density at radius 2 is 1.52 bits per heavy atom. The van der Waals surface area contributed by atoms with Crippen LogP contribution in [0.2, 0.25) is 0 Å². The van der Waals surface area contributed by atoms with Crippen molar-refractivity contribution in [2.24, 2.45) is 0 Å². The number of carbonyl (C=O) groups excluding carboxylic acids is 2. The molecule has 3 rings (SSSR count). The maximum absolute atomic E-state index is 12.1. The molecule has 2 N–H and O–H groups in total. The van der Waals surface area contributed by atoms with Gasteiger partial charge in [-0.05, 0) is 60.7 Å². The summed E-state index contributed by atoms with van der Waals surface area (Å²) in [5.41, 5.74) is 0.950. The largest absolute Gasteiger partial charge is 0.484 e. The third kappa shape index (κ3) is 6.06. The molecule has 7 nitrogen and oxygen atoms in total. The van der Waals surface area contributed by atoms with E-state index in [0.29, 0.717) is 17.1 Å². The summed E-state index contributed by atoms with van der Waals surface area (Å²) in [5, 5.41) is 5.23. The fourth-order valence-electron chi connectivity index (χ4n) is 2.30. The molecular formula is C20H16F2N2O5. The molecule has 0 atom stereocenters. The normalized spacial score (nSPS) is 10.4. The summed E-state index contributed by atoms with van der Waals surface area (Å²) < 4.78 is 38.8. The van der Waals surface area contributed by atoms with Crippen LogP contribution in [0.25, 0.3) is 0 Å². The summed E-state index contributed by atoms with van der Waals surface area (Å²) in [5.74, 6) is -0.197. The van der Waals surface area contributed by atoms with Gasteiger partial charge in [-0.25, -0.2) is 0 Å². The number of amides is 2. The summed E-state index contributed by atoms with van der Waals surface area (Å²) in [4.78, 5) is 23.8. The fraction of sp³-hybridized carbons (Fsp3) is 0.100. The molecule has 0 radical (unpaired) electrons. The van der Waals surface area contributed by atoms with Gasteiger partial charge in [-0.3, -0.25) is 9.59 Å². The minimum atomic E-state index is -2.91. The summed E-state index contributed by atoms with van der Waals surface area (Å²) in [6.07, 6.45) is 1.41. The molecule has 1 heterocycles. The first-order chi connectivity index (χ1) is 14.0. The third-order valence-electron chi connectivity index (χ3n) is 3.59. The topological polar surface area (TPSA) is 89.8 Å². The van der Waals surface area contributed by atoms with Crippen LogP contribution in [0, 0.1) is 0 Å². The Kier molecular flexibility index (Phi) is 6.41. The molecule has 0 aliphatic carbocycles. The van der Waals surface area contributed by atoms with Gasteiger partial charge < -0.3 is 24.5 Å². The zero-order valence-electron chi connectivity index (χ0n) is 14.9. The van der Waals surface area contributed by atoms with Gasteiger partial charge in [-0.2, -0.15) is 8.78 Å². The van der Waals surface area contributed by atoms with Gasteiger partial charge >= 0.3 is 6.61 Å². The van der Waals surface area contributed by atoms with Crippen molar-refractivity contribution in [1.82, 2.24) is 0 Å². The summed E-state index contributed by atoms with van der Waals surface area (Å²) in [6, 6.07) is 15.1. The first-order valence-electron chi connectivity index (χ1n) is 8.42. The monoisotopic (exact) mass is 402 g/mol. The molecule has 9 heteroatoms. The minimum Gasteiger partial charge on any atom is -0.484 e. The molecule has 0 aliphatic rings. The number of alkyl halides is 2. The van der Waals surface area contributed by atoms with Crippen LogP contribution in [0.3, 0.4) is 0 Å². The van der Waals surface area contributed by atoms with Gasteiger partial charge in [0.05, 0.1) is 6.26 Å². The van der Waals surface area contributed by atoms with Crippen LogP contribution in [0.4, 0.5) is 20.2 Å². The number of nitrogens with one attached hydrogen (secondary N) is 2. The second kappa shape index (κ2) is 9.36. The van der Waals surface area contributed by atoms with Gasteiger partial charge in [0, 0.05) is 11.4 Å². The summed E-state index contributed by atoms with van der Waals surface area (Å²) in [6.45, 7) is -3.17. The zero-order valence-corrected chi connectivity index (χ0v) is 14.9. The SMILES string of the molecule is O=C(COc1ccc(NC(=O)c2ccco2)cc1)Nc1ccc(OC(F)F)cc1. The van der Waals surface area contributed by atoms with E-state index in [-0.39, 0.29) is 24.0 Å². The second-order valence-corrected chi connectivity index (χ2v) is 5.70. The van der Waals surface area contributed by atoms with Crippen LogP contribution in [0.15, 0.2) is 71.3 Å². The predicted molar refractivity (Wildman–Crippen MR) is 100 cm³/mol. The van der Waals surface area contributed by atoms with Crippen LogP contribution in [-0.4, -0.2) is 25.0 Å². The van der Waals surface area contributed by atoms with Crippen molar-refractivity contribution < 1.29 is 32.3 Å². The molecule has 0 spiro atoms. The molecule has 0 saturated heterocycles. The molecule has 3 aromatic rings. The van der Waals surface area contributed by atoms with E-state index in [1.165, 1.54) is 30.5 Å². The van der Waals surface area contributed by atoms with Crippen LogP contribution in [0.5, 0.6) is 11.5 Å². The lowest BCUT2D eigenvalue weighted by Gasteiger charge is -2.09. The number of furan rings is 1. The van der Waals surface area contributed by atoms with Gasteiger partial charge in [-0.1, -0.05) is 0 Å². The highest BCUT2D eigenvalue weighted by Crippen LogP contribution is 2.19. The lowest BCUT2D eigenvalue weighted by Crippen LogP contribution is -2.20. The van der Waals surface area contributed by atoms with Gasteiger partial charge in [0.15, 0.2) is 12.4 Å². The number of ether oxygens (including phenoxy) is 2. The van der Waals surface area contributed by atoms with Gasteiger partial charge in [0.1, 0.15) is 11.5 Å². The Labute approximate surface area is 164 Å². The van der Waals surface area contributed by atoms with Crippen molar-refractivity contribution in [2.45, 2.75) is 6.61 Å². The Morgan fingerprint density at radius 3 is 2.10 bits per heavy atom. The maximum Gasteiger partial charge on any atom is 0.387 e. The number of carbonyl (C=O) groups is 2. The molecule has 0 bridgehead atoms. The van der Waals surface area contributed by atoms with E-state index in [1.807, 2.05) is 0 Å². The van der Waals surface area contributed by atoms with Gasteiger partial charge in [0.25, 0.3) is 11.8 Å². The van der Waals surface area contributed by atoms with E-state index in [2.05, 4.69) is 15.4 Å². The fourth-order valence-corrected chi connectivity index (χ4v) is 2.30. The average molecular weight is 402 g/mol. The molecule has 29 heavy (non-hydrogen) atoms.